The minimum absolute atomic E-state index is 0.0334. The van der Waals surface area contributed by atoms with E-state index in [0.717, 1.165) is 16.9 Å². The van der Waals surface area contributed by atoms with Crippen LogP contribution in [0.1, 0.15) is 18.8 Å². The number of carbonyl (C=O) groups excluding carboxylic acids is 1. The van der Waals surface area contributed by atoms with E-state index in [1.54, 1.807) is 0 Å². The molecular formula is C12H14ClN3O. The Morgan fingerprint density at radius 3 is 2.88 bits per heavy atom. The predicted molar refractivity (Wildman–Crippen MR) is 68.0 cm³/mol. The second-order valence-corrected chi connectivity index (χ2v) is 4.21. The smallest absolute Gasteiger partial charge is 0.235 e. The molecule has 2 rings (SSSR count). The third-order valence-corrected chi connectivity index (χ3v) is 2.95. The minimum atomic E-state index is -0.189. The average molecular weight is 252 g/mol. The Morgan fingerprint density at radius 2 is 2.24 bits per heavy atom. The molecule has 5 heteroatoms. The maximum absolute atomic E-state index is 11.2. The summed E-state index contributed by atoms with van der Waals surface area (Å²) in [6.45, 7) is 1.89. The summed E-state index contributed by atoms with van der Waals surface area (Å²) in [7, 11) is 1.94. The summed E-state index contributed by atoms with van der Waals surface area (Å²) in [6, 6.07) is 7.71. The van der Waals surface area contributed by atoms with Crippen LogP contribution in [-0.4, -0.2) is 21.3 Å². The normalized spacial score (nSPS) is 12.6. The molecule has 1 unspecified atom stereocenters. The number of carbonyl (C=O) groups is 1. The number of benzene rings is 1. The van der Waals surface area contributed by atoms with Crippen molar-refractivity contribution >= 4 is 28.5 Å². The summed E-state index contributed by atoms with van der Waals surface area (Å²) >= 11 is 5.46. The number of alkyl halides is 1. The number of aryl methyl sites for hydroxylation is 1. The van der Waals surface area contributed by atoms with Gasteiger partial charge < -0.3 is 9.88 Å². The van der Waals surface area contributed by atoms with Crippen LogP contribution in [0, 0.1) is 0 Å². The Kier molecular flexibility index (Phi) is 3.33. The topological polar surface area (TPSA) is 46.9 Å². The molecule has 1 N–H and O–H groups in total. The molecule has 0 saturated carbocycles. The third kappa shape index (κ3) is 2.26. The molecule has 0 fully saturated rings. The second-order valence-electron chi connectivity index (χ2n) is 3.94. The molecule has 1 aromatic carbocycles. The van der Waals surface area contributed by atoms with Gasteiger partial charge in [-0.2, -0.15) is 0 Å². The highest BCUT2D eigenvalue weighted by Crippen LogP contribution is 2.18. The number of imidazole rings is 1. The summed E-state index contributed by atoms with van der Waals surface area (Å²) in [4.78, 5) is 15.7. The molecule has 1 atom stereocenters. The van der Waals surface area contributed by atoms with Crippen molar-refractivity contribution in [3.63, 3.8) is 0 Å². The zero-order valence-corrected chi connectivity index (χ0v) is 10.5. The van der Waals surface area contributed by atoms with Crippen LogP contribution in [-0.2, 0) is 11.8 Å². The number of rotatable bonds is 3. The molecule has 0 saturated heterocycles. The van der Waals surface area contributed by atoms with E-state index >= 15 is 0 Å². The number of amides is 1. The lowest BCUT2D eigenvalue weighted by atomic mass is 10.3. The lowest BCUT2D eigenvalue weighted by molar-refractivity contribution is -0.119. The van der Waals surface area contributed by atoms with E-state index in [9.17, 15) is 4.79 Å². The number of aromatic nitrogens is 2. The average Bonchev–Trinajstić information content (AvgIpc) is 2.67. The first-order valence-corrected chi connectivity index (χ1v) is 5.93. The Bertz CT molecular complexity index is 550. The molecule has 1 aromatic heterocycles. The number of hydrogen-bond acceptors (Lipinski definition) is 2. The lowest BCUT2D eigenvalue weighted by Gasteiger charge is -2.12. The largest absolute Gasteiger partial charge is 0.345 e. The van der Waals surface area contributed by atoms with Gasteiger partial charge in [0.15, 0.2) is 0 Å². The Balaban J connectivity index is 2.35. The van der Waals surface area contributed by atoms with Crippen molar-refractivity contribution < 1.29 is 4.79 Å². The van der Waals surface area contributed by atoms with Crippen LogP contribution in [0.2, 0.25) is 0 Å². The monoisotopic (exact) mass is 251 g/mol. The second kappa shape index (κ2) is 4.75. The Labute approximate surface area is 105 Å². The molecule has 0 spiro atoms. The number of nitrogens with one attached hydrogen (secondary N) is 1. The van der Waals surface area contributed by atoms with Gasteiger partial charge in [-0.1, -0.05) is 12.1 Å². The van der Waals surface area contributed by atoms with Crippen LogP contribution in [0.5, 0.6) is 0 Å². The van der Waals surface area contributed by atoms with Gasteiger partial charge in [0.25, 0.3) is 0 Å². The van der Waals surface area contributed by atoms with E-state index in [0.29, 0.717) is 0 Å². The summed E-state index contributed by atoms with van der Waals surface area (Å²) in [5.74, 6) is 0.602. The van der Waals surface area contributed by atoms with E-state index < -0.39 is 0 Å². The van der Waals surface area contributed by atoms with E-state index in [1.807, 2.05) is 42.8 Å². The van der Waals surface area contributed by atoms with Gasteiger partial charge in [0.1, 0.15) is 11.7 Å². The van der Waals surface area contributed by atoms with Gasteiger partial charge in [0, 0.05) is 7.05 Å². The van der Waals surface area contributed by atoms with Crippen molar-refractivity contribution in [3.8, 4) is 0 Å². The minimum Gasteiger partial charge on any atom is -0.345 e. The van der Waals surface area contributed by atoms with E-state index in [-0.39, 0.29) is 17.8 Å². The molecule has 90 valence electrons. The highest BCUT2D eigenvalue weighted by atomic mass is 35.5. The number of fused-ring (bicyclic) bond motifs is 1. The van der Waals surface area contributed by atoms with Gasteiger partial charge in [0.05, 0.1) is 17.1 Å². The highest BCUT2D eigenvalue weighted by Gasteiger charge is 2.15. The van der Waals surface area contributed by atoms with E-state index in [4.69, 9.17) is 11.6 Å². The molecule has 2 aromatic rings. The van der Waals surface area contributed by atoms with Gasteiger partial charge >= 0.3 is 0 Å². The van der Waals surface area contributed by atoms with Crippen molar-refractivity contribution in [2.45, 2.75) is 13.0 Å². The predicted octanol–water partition coefficient (Wildman–Crippen LogP) is 1.99. The Morgan fingerprint density at radius 1 is 1.53 bits per heavy atom. The molecule has 0 aliphatic heterocycles. The lowest BCUT2D eigenvalue weighted by Crippen LogP contribution is -2.29. The molecule has 1 amide bonds. The standard InChI is InChI=1S/C12H14ClN3O/c1-8(14-11(17)7-13)12-15-9-5-3-4-6-10(9)16(12)2/h3-6,8H,7H2,1-2H3,(H,14,17). The maximum atomic E-state index is 11.2. The van der Waals surface area contributed by atoms with Crippen LogP contribution in [0.15, 0.2) is 24.3 Å². The fourth-order valence-corrected chi connectivity index (χ4v) is 1.97. The van der Waals surface area contributed by atoms with E-state index in [2.05, 4.69) is 10.3 Å². The van der Waals surface area contributed by atoms with Gasteiger partial charge in [-0.15, -0.1) is 11.6 Å². The Hall–Kier alpha value is -1.55. The molecule has 0 bridgehead atoms. The molecule has 0 aliphatic carbocycles. The molecule has 4 nitrogen and oxygen atoms in total. The van der Waals surface area contributed by atoms with Crippen LogP contribution in [0.25, 0.3) is 11.0 Å². The van der Waals surface area contributed by atoms with Gasteiger partial charge in [0.2, 0.25) is 5.91 Å². The molecule has 0 radical (unpaired) electrons. The molecule has 0 aliphatic rings. The van der Waals surface area contributed by atoms with Gasteiger partial charge in [-0.3, -0.25) is 4.79 Å². The fraction of sp³-hybridized carbons (Fsp3) is 0.333. The maximum Gasteiger partial charge on any atom is 0.235 e. The summed E-state index contributed by atoms with van der Waals surface area (Å²) < 4.78 is 1.98. The molecule has 17 heavy (non-hydrogen) atoms. The van der Waals surface area contributed by atoms with Crippen molar-refractivity contribution in [2.24, 2.45) is 7.05 Å². The van der Waals surface area contributed by atoms with Gasteiger partial charge in [-0.25, -0.2) is 4.98 Å². The highest BCUT2D eigenvalue weighted by molar-refractivity contribution is 6.27. The number of halogens is 1. The summed E-state index contributed by atoms with van der Waals surface area (Å²) in [5, 5.41) is 2.79. The van der Waals surface area contributed by atoms with Crippen molar-refractivity contribution in [1.82, 2.24) is 14.9 Å². The van der Waals surface area contributed by atoms with E-state index in [1.165, 1.54) is 0 Å². The summed E-state index contributed by atoms with van der Waals surface area (Å²) in [6.07, 6.45) is 0. The first-order valence-electron chi connectivity index (χ1n) is 5.40. The van der Waals surface area contributed by atoms with Gasteiger partial charge in [-0.05, 0) is 19.1 Å². The fourth-order valence-electron chi connectivity index (χ4n) is 1.90. The zero-order valence-electron chi connectivity index (χ0n) is 9.77. The number of nitrogens with zero attached hydrogens (tertiary/aromatic N) is 2. The van der Waals surface area contributed by atoms with Crippen molar-refractivity contribution in [1.29, 1.82) is 0 Å². The van der Waals surface area contributed by atoms with Crippen LogP contribution in [0.4, 0.5) is 0 Å². The first-order chi connectivity index (χ1) is 8.13. The third-order valence-electron chi connectivity index (χ3n) is 2.71. The number of para-hydroxylation sites is 2. The zero-order chi connectivity index (χ0) is 12.4. The quantitative estimate of drug-likeness (QED) is 0.848. The van der Waals surface area contributed by atoms with Crippen molar-refractivity contribution in [2.75, 3.05) is 5.88 Å². The van der Waals surface area contributed by atoms with Crippen LogP contribution < -0.4 is 5.32 Å². The summed E-state index contributed by atoms with van der Waals surface area (Å²) in [5.41, 5.74) is 1.98. The van der Waals surface area contributed by atoms with Crippen LogP contribution >= 0.6 is 11.6 Å². The van der Waals surface area contributed by atoms with Crippen molar-refractivity contribution in [3.05, 3.63) is 30.1 Å². The SMILES string of the molecule is CC(NC(=O)CCl)c1nc2ccccc2n1C. The number of hydrogen-bond donors (Lipinski definition) is 1. The molecular weight excluding hydrogens is 238 g/mol. The van der Waals surface area contributed by atoms with Crippen LogP contribution in [0.3, 0.4) is 0 Å². The molecule has 1 heterocycles. The first kappa shape index (κ1) is 11.9.